The Morgan fingerprint density at radius 1 is 0.812 bits per heavy atom. The van der Waals surface area contributed by atoms with Crippen molar-refractivity contribution in [3.8, 4) is 0 Å². The summed E-state index contributed by atoms with van der Waals surface area (Å²) >= 11 is 0. The molecule has 0 aliphatic rings. The lowest BCUT2D eigenvalue weighted by Gasteiger charge is -2.18. The molecule has 0 aromatic heterocycles. The fraction of sp³-hybridized carbons (Fsp3) is 0.704. The molecule has 5 heteroatoms. The van der Waals surface area contributed by atoms with E-state index in [-0.39, 0.29) is 18.2 Å². The van der Waals surface area contributed by atoms with Crippen LogP contribution in [0.2, 0.25) is 0 Å². The molecule has 1 rings (SSSR count). The van der Waals surface area contributed by atoms with Gasteiger partial charge in [-0.15, -0.1) is 0 Å². The van der Waals surface area contributed by atoms with Gasteiger partial charge in [0, 0.05) is 13.3 Å². The Morgan fingerprint density at radius 3 is 1.94 bits per heavy atom. The fourth-order valence-corrected chi connectivity index (χ4v) is 3.95. The van der Waals surface area contributed by atoms with Crippen molar-refractivity contribution < 1.29 is 24.2 Å². The maximum atomic E-state index is 11.0. The van der Waals surface area contributed by atoms with Gasteiger partial charge < -0.3 is 14.6 Å². The number of aliphatic carboxylic acids is 1. The van der Waals surface area contributed by atoms with E-state index in [1.807, 2.05) is 13.0 Å². The van der Waals surface area contributed by atoms with Gasteiger partial charge in [-0.05, 0) is 44.6 Å². The van der Waals surface area contributed by atoms with E-state index in [0.29, 0.717) is 13.0 Å². The summed E-state index contributed by atoms with van der Waals surface area (Å²) < 4.78 is 11.5. The molecule has 0 bridgehead atoms. The predicted octanol–water partition coefficient (Wildman–Crippen LogP) is 7.07. The van der Waals surface area contributed by atoms with Gasteiger partial charge in [-0.3, -0.25) is 9.59 Å². The Bertz CT molecular complexity index is 601. The van der Waals surface area contributed by atoms with E-state index in [2.05, 4.69) is 24.3 Å². The second kappa shape index (κ2) is 18.7. The Labute approximate surface area is 194 Å². The van der Waals surface area contributed by atoms with Crippen molar-refractivity contribution >= 4 is 11.9 Å². The summed E-state index contributed by atoms with van der Waals surface area (Å²) in [6.45, 7) is 4.09. The van der Waals surface area contributed by atoms with Crippen LogP contribution in [0.3, 0.4) is 0 Å². The molecule has 0 amide bonds. The predicted molar refractivity (Wildman–Crippen MR) is 129 cm³/mol. The number of benzene rings is 1. The molecule has 0 spiro atoms. The Morgan fingerprint density at radius 2 is 1.34 bits per heavy atom. The third kappa shape index (κ3) is 16.8. The lowest BCUT2D eigenvalue weighted by Crippen LogP contribution is -2.14. The average molecular weight is 449 g/mol. The van der Waals surface area contributed by atoms with Crippen LogP contribution in [0.5, 0.6) is 0 Å². The van der Waals surface area contributed by atoms with Crippen LogP contribution in [-0.4, -0.2) is 29.3 Å². The summed E-state index contributed by atoms with van der Waals surface area (Å²) in [6, 6.07) is 10.3. The molecule has 1 aromatic rings. The molecular weight excluding hydrogens is 404 g/mol. The summed E-state index contributed by atoms with van der Waals surface area (Å²) in [5.41, 5.74) is 1.22. The van der Waals surface area contributed by atoms with Gasteiger partial charge in [0.05, 0.1) is 18.8 Å². The summed E-state index contributed by atoms with van der Waals surface area (Å²) in [4.78, 5) is 21.5. The Hall–Kier alpha value is -1.88. The number of carbonyl (C=O) groups is 2. The van der Waals surface area contributed by atoms with Crippen molar-refractivity contribution in [2.45, 2.75) is 123 Å². The first-order chi connectivity index (χ1) is 15.5. The maximum Gasteiger partial charge on any atom is 0.303 e. The van der Waals surface area contributed by atoms with Crippen LogP contribution in [0.25, 0.3) is 0 Å². The minimum Gasteiger partial charge on any atom is -0.481 e. The molecule has 2 atom stereocenters. The number of hydrogen-bond donors (Lipinski definition) is 1. The zero-order valence-electron chi connectivity index (χ0n) is 20.2. The van der Waals surface area contributed by atoms with E-state index >= 15 is 0 Å². The zero-order valence-corrected chi connectivity index (χ0v) is 20.2. The number of hydrogen-bond acceptors (Lipinski definition) is 4. The molecule has 0 aliphatic carbocycles. The SMILES string of the molecule is CC(=O)OC(C)CCCCCC(CCCCCCCCCC(=O)O)OCc1ccccc1. The van der Waals surface area contributed by atoms with Crippen LogP contribution in [-0.2, 0) is 25.7 Å². The number of rotatable bonds is 20. The molecular formula is C27H44O5. The van der Waals surface area contributed by atoms with Crippen molar-refractivity contribution in [3.05, 3.63) is 35.9 Å². The second-order valence-corrected chi connectivity index (χ2v) is 8.88. The molecule has 0 radical (unpaired) electrons. The van der Waals surface area contributed by atoms with Crippen molar-refractivity contribution in [3.63, 3.8) is 0 Å². The lowest BCUT2D eigenvalue weighted by molar-refractivity contribution is -0.145. The van der Waals surface area contributed by atoms with Crippen molar-refractivity contribution in [2.24, 2.45) is 0 Å². The van der Waals surface area contributed by atoms with Crippen molar-refractivity contribution in [2.75, 3.05) is 0 Å². The molecule has 182 valence electrons. The molecule has 0 saturated heterocycles. The molecule has 0 heterocycles. The Balaban J connectivity index is 2.22. The molecule has 0 saturated carbocycles. The molecule has 1 N–H and O–H groups in total. The third-order valence-corrected chi connectivity index (χ3v) is 5.75. The van der Waals surface area contributed by atoms with Gasteiger partial charge in [0.25, 0.3) is 0 Å². The van der Waals surface area contributed by atoms with Crippen LogP contribution in [0.15, 0.2) is 30.3 Å². The molecule has 0 fully saturated rings. The smallest absolute Gasteiger partial charge is 0.303 e. The van der Waals surface area contributed by atoms with Gasteiger partial charge in [-0.1, -0.05) is 81.7 Å². The van der Waals surface area contributed by atoms with Gasteiger partial charge in [-0.25, -0.2) is 0 Å². The number of unbranched alkanes of at least 4 members (excludes halogenated alkanes) is 8. The molecule has 0 aliphatic heterocycles. The van der Waals surface area contributed by atoms with Gasteiger partial charge in [0.2, 0.25) is 0 Å². The summed E-state index contributed by atoms with van der Waals surface area (Å²) in [6.07, 6.45) is 14.8. The summed E-state index contributed by atoms with van der Waals surface area (Å²) in [5.74, 6) is -0.891. The van der Waals surface area contributed by atoms with Gasteiger partial charge in [0.15, 0.2) is 0 Å². The molecule has 2 unspecified atom stereocenters. The largest absolute Gasteiger partial charge is 0.481 e. The summed E-state index contributed by atoms with van der Waals surface area (Å²) in [7, 11) is 0. The highest BCUT2D eigenvalue weighted by Gasteiger charge is 2.10. The lowest BCUT2D eigenvalue weighted by atomic mass is 10.0. The maximum absolute atomic E-state index is 11.0. The number of ether oxygens (including phenoxy) is 2. The topological polar surface area (TPSA) is 72.8 Å². The quantitative estimate of drug-likeness (QED) is 0.171. The first kappa shape index (κ1) is 28.2. The van der Waals surface area contributed by atoms with Crippen molar-refractivity contribution in [1.29, 1.82) is 0 Å². The van der Waals surface area contributed by atoms with E-state index in [4.69, 9.17) is 14.6 Å². The highest BCUT2D eigenvalue weighted by Crippen LogP contribution is 2.18. The van der Waals surface area contributed by atoms with Crippen LogP contribution in [0, 0.1) is 0 Å². The monoisotopic (exact) mass is 448 g/mol. The van der Waals surface area contributed by atoms with Crippen LogP contribution < -0.4 is 0 Å². The number of carbonyl (C=O) groups excluding carboxylic acids is 1. The standard InChI is InChI=1S/C27H44O5/c1-23(32-24(2)28)16-10-8-14-20-26(31-22-25-17-11-9-12-18-25)19-13-6-4-3-5-7-15-21-27(29)30/h9,11-12,17-18,23,26H,3-8,10,13-16,19-22H2,1-2H3,(H,29,30). The molecule has 1 aromatic carbocycles. The molecule has 32 heavy (non-hydrogen) atoms. The number of carboxylic acid groups (broad SMARTS) is 1. The third-order valence-electron chi connectivity index (χ3n) is 5.75. The highest BCUT2D eigenvalue weighted by molar-refractivity contribution is 5.66. The first-order valence-corrected chi connectivity index (χ1v) is 12.5. The van der Waals surface area contributed by atoms with E-state index in [1.54, 1.807) is 0 Å². The van der Waals surface area contributed by atoms with Crippen molar-refractivity contribution in [1.82, 2.24) is 0 Å². The van der Waals surface area contributed by atoms with Crippen LogP contribution in [0.1, 0.15) is 109 Å². The van der Waals surface area contributed by atoms with Crippen LogP contribution in [0.4, 0.5) is 0 Å². The number of esters is 1. The van der Waals surface area contributed by atoms with E-state index in [0.717, 1.165) is 57.8 Å². The number of carboxylic acids is 1. The zero-order chi connectivity index (χ0) is 23.4. The van der Waals surface area contributed by atoms with Gasteiger partial charge in [-0.2, -0.15) is 0 Å². The Kier molecular flexibility index (Phi) is 16.4. The minimum atomic E-state index is -0.689. The normalized spacial score (nSPS) is 12.9. The summed E-state index contributed by atoms with van der Waals surface area (Å²) in [5, 5.41) is 8.67. The first-order valence-electron chi connectivity index (χ1n) is 12.5. The average Bonchev–Trinajstić information content (AvgIpc) is 2.75. The van der Waals surface area contributed by atoms with E-state index in [9.17, 15) is 9.59 Å². The highest BCUT2D eigenvalue weighted by atomic mass is 16.5. The fourth-order valence-electron chi connectivity index (χ4n) is 3.95. The van der Waals surface area contributed by atoms with Crippen LogP contribution >= 0.6 is 0 Å². The second-order valence-electron chi connectivity index (χ2n) is 8.88. The van der Waals surface area contributed by atoms with Gasteiger partial charge in [0.1, 0.15) is 0 Å². The van der Waals surface area contributed by atoms with E-state index in [1.165, 1.54) is 38.2 Å². The minimum absolute atomic E-state index is 0.00163. The van der Waals surface area contributed by atoms with Gasteiger partial charge >= 0.3 is 11.9 Å². The van der Waals surface area contributed by atoms with E-state index < -0.39 is 5.97 Å². The molecule has 5 nitrogen and oxygen atoms in total.